The smallest absolute Gasteiger partial charge is 0.335 e. The third-order valence-corrected chi connectivity index (χ3v) is 3.04. The van der Waals surface area contributed by atoms with E-state index in [1.807, 2.05) is 24.3 Å². The first kappa shape index (κ1) is 12.3. The Kier molecular flexibility index (Phi) is 3.16. The molecule has 102 valence electrons. The average Bonchev–Trinajstić information content (AvgIpc) is 2.93. The lowest BCUT2D eigenvalue weighted by atomic mass is 10.1. The zero-order valence-corrected chi connectivity index (χ0v) is 10.6. The van der Waals surface area contributed by atoms with Gasteiger partial charge in [0.25, 0.3) is 0 Å². The van der Waals surface area contributed by atoms with Gasteiger partial charge in [-0.15, -0.1) is 0 Å². The molecule has 0 radical (unpaired) electrons. The molecular weight excluding hydrogens is 258 g/mol. The van der Waals surface area contributed by atoms with Gasteiger partial charge in [0.05, 0.1) is 5.56 Å². The molecule has 1 aliphatic rings. The predicted molar refractivity (Wildman–Crippen MR) is 73.3 cm³/mol. The zero-order valence-electron chi connectivity index (χ0n) is 10.6. The number of fused-ring (bicyclic) bond motifs is 1. The summed E-state index contributed by atoms with van der Waals surface area (Å²) in [6.07, 6.45) is 0. The van der Waals surface area contributed by atoms with Crippen molar-refractivity contribution in [2.24, 2.45) is 0 Å². The molecule has 0 fully saturated rings. The van der Waals surface area contributed by atoms with Gasteiger partial charge >= 0.3 is 5.97 Å². The van der Waals surface area contributed by atoms with Crippen molar-refractivity contribution >= 4 is 11.7 Å². The lowest BCUT2D eigenvalue weighted by Gasteiger charge is -2.08. The second-order valence-electron chi connectivity index (χ2n) is 4.43. The van der Waals surface area contributed by atoms with Crippen molar-refractivity contribution in [1.82, 2.24) is 0 Å². The molecule has 0 aliphatic carbocycles. The van der Waals surface area contributed by atoms with Crippen LogP contribution in [0.2, 0.25) is 0 Å². The minimum absolute atomic E-state index is 0.257. The molecule has 5 heteroatoms. The molecule has 0 amide bonds. The molecule has 20 heavy (non-hydrogen) atoms. The summed E-state index contributed by atoms with van der Waals surface area (Å²) in [5, 5.41) is 12.1. The maximum absolute atomic E-state index is 10.9. The Morgan fingerprint density at radius 3 is 2.85 bits per heavy atom. The molecule has 2 aromatic rings. The van der Waals surface area contributed by atoms with Crippen molar-refractivity contribution in [2.75, 3.05) is 12.1 Å². The molecule has 0 aromatic heterocycles. The summed E-state index contributed by atoms with van der Waals surface area (Å²) in [6.45, 7) is 0.840. The van der Waals surface area contributed by atoms with E-state index in [9.17, 15) is 4.79 Å². The molecule has 0 spiro atoms. The standard InChI is InChI=1S/C15H13NO4/c17-15(18)11-2-1-3-12(7-11)16-8-10-4-5-13-14(6-10)20-9-19-13/h1-7,16H,8-9H2,(H,17,18). The fourth-order valence-corrected chi connectivity index (χ4v) is 2.02. The number of carboxylic acid groups (broad SMARTS) is 1. The summed E-state index contributed by atoms with van der Waals surface area (Å²) in [7, 11) is 0. The van der Waals surface area contributed by atoms with Gasteiger partial charge in [-0.1, -0.05) is 12.1 Å². The molecule has 5 nitrogen and oxygen atoms in total. The molecule has 0 bridgehead atoms. The van der Waals surface area contributed by atoms with Crippen molar-refractivity contribution in [3.8, 4) is 11.5 Å². The van der Waals surface area contributed by atoms with Gasteiger partial charge in [-0.3, -0.25) is 0 Å². The van der Waals surface area contributed by atoms with E-state index < -0.39 is 5.97 Å². The van der Waals surface area contributed by atoms with Crippen LogP contribution in [0.25, 0.3) is 0 Å². The summed E-state index contributed by atoms with van der Waals surface area (Å²) in [6, 6.07) is 12.4. The van der Waals surface area contributed by atoms with Gasteiger partial charge in [-0.05, 0) is 35.9 Å². The van der Waals surface area contributed by atoms with Crippen LogP contribution in [0.5, 0.6) is 11.5 Å². The number of rotatable bonds is 4. The number of carboxylic acids is 1. The van der Waals surface area contributed by atoms with E-state index in [1.165, 1.54) is 0 Å². The second-order valence-corrected chi connectivity index (χ2v) is 4.43. The van der Waals surface area contributed by atoms with Crippen LogP contribution >= 0.6 is 0 Å². The number of hydrogen-bond donors (Lipinski definition) is 2. The minimum Gasteiger partial charge on any atom is -0.478 e. The van der Waals surface area contributed by atoms with E-state index in [-0.39, 0.29) is 12.4 Å². The quantitative estimate of drug-likeness (QED) is 0.895. The van der Waals surface area contributed by atoms with Crippen molar-refractivity contribution < 1.29 is 19.4 Å². The monoisotopic (exact) mass is 271 g/mol. The molecule has 3 rings (SSSR count). The van der Waals surface area contributed by atoms with E-state index >= 15 is 0 Å². The summed E-state index contributed by atoms with van der Waals surface area (Å²) in [5.41, 5.74) is 2.07. The highest BCUT2D eigenvalue weighted by Gasteiger charge is 2.13. The number of benzene rings is 2. The number of aromatic carboxylic acids is 1. The van der Waals surface area contributed by atoms with E-state index in [4.69, 9.17) is 14.6 Å². The van der Waals surface area contributed by atoms with E-state index in [0.29, 0.717) is 6.54 Å². The van der Waals surface area contributed by atoms with Gasteiger partial charge < -0.3 is 19.9 Å². The Labute approximate surface area is 115 Å². The van der Waals surface area contributed by atoms with Crippen molar-refractivity contribution in [3.63, 3.8) is 0 Å². The normalized spacial score (nSPS) is 12.2. The van der Waals surface area contributed by atoms with Gasteiger partial charge in [0.1, 0.15) is 0 Å². The highest BCUT2D eigenvalue weighted by molar-refractivity contribution is 5.88. The minimum atomic E-state index is -0.934. The van der Waals surface area contributed by atoms with Crippen LogP contribution < -0.4 is 14.8 Å². The fraction of sp³-hybridized carbons (Fsp3) is 0.133. The first-order valence-electron chi connectivity index (χ1n) is 6.18. The first-order valence-corrected chi connectivity index (χ1v) is 6.18. The zero-order chi connectivity index (χ0) is 13.9. The summed E-state index contributed by atoms with van der Waals surface area (Å²) in [5.74, 6) is 0.557. The van der Waals surface area contributed by atoms with E-state index in [2.05, 4.69) is 5.32 Å². The molecule has 2 N–H and O–H groups in total. The molecule has 0 atom stereocenters. The van der Waals surface area contributed by atoms with Crippen molar-refractivity contribution in [1.29, 1.82) is 0 Å². The van der Waals surface area contributed by atoms with Crippen LogP contribution in [0.1, 0.15) is 15.9 Å². The Morgan fingerprint density at radius 1 is 1.15 bits per heavy atom. The summed E-state index contributed by atoms with van der Waals surface area (Å²) < 4.78 is 10.6. The second kappa shape index (κ2) is 5.13. The molecular formula is C15H13NO4. The Morgan fingerprint density at radius 2 is 2.00 bits per heavy atom. The van der Waals surface area contributed by atoms with Gasteiger partial charge in [-0.2, -0.15) is 0 Å². The van der Waals surface area contributed by atoms with Gasteiger partial charge in [-0.25, -0.2) is 4.79 Å². The highest BCUT2D eigenvalue weighted by Crippen LogP contribution is 2.32. The number of carbonyl (C=O) groups is 1. The Bertz CT molecular complexity index is 654. The van der Waals surface area contributed by atoms with Crippen molar-refractivity contribution in [2.45, 2.75) is 6.54 Å². The van der Waals surface area contributed by atoms with Crippen LogP contribution in [-0.2, 0) is 6.54 Å². The number of ether oxygens (including phenoxy) is 2. The molecule has 2 aromatic carbocycles. The highest BCUT2D eigenvalue weighted by atomic mass is 16.7. The van der Waals surface area contributed by atoms with Crippen molar-refractivity contribution in [3.05, 3.63) is 53.6 Å². The maximum Gasteiger partial charge on any atom is 0.335 e. The number of nitrogens with one attached hydrogen (secondary N) is 1. The molecule has 0 saturated carbocycles. The van der Waals surface area contributed by atoms with Gasteiger partial charge in [0.2, 0.25) is 6.79 Å². The molecule has 0 unspecified atom stereocenters. The van der Waals surface area contributed by atoms with E-state index in [1.54, 1.807) is 18.2 Å². The molecule has 1 aliphatic heterocycles. The van der Waals surface area contributed by atoms with Crippen LogP contribution in [0.3, 0.4) is 0 Å². The van der Waals surface area contributed by atoms with Crippen LogP contribution in [0.15, 0.2) is 42.5 Å². The summed E-state index contributed by atoms with van der Waals surface area (Å²) >= 11 is 0. The number of anilines is 1. The first-order chi connectivity index (χ1) is 9.72. The predicted octanol–water partition coefficient (Wildman–Crippen LogP) is 2.73. The summed E-state index contributed by atoms with van der Waals surface area (Å²) in [4.78, 5) is 10.9. The van der Waals surface area contributed by atoms with E-state index in [0.717, 1.165) is 22.7 Å². The average molecular weight is 271 g/mol. The van der Waals surface area contributed by atoms with Gasteiger partial charge in [0, 0.05) is 12.2 Å². The lowest BCUT2D eigenvalue weighted by Crippen LogP contribution is -2.02. The maximum atomic E-state index is 10.9. The Hall–Kier alpha value is -2.69. The third-order valence-electron chi connectivity index (χ3n) is 3.04. The van der Waals surface area contributed by atoms with Crippen LogP contribution in [-0.4, -0.2) is 17.9 Å². The van der Waals surface area contributed by atoms with Gasteiger partial charge in [0.15, 0.2) is 11.5 Å². The fourth-order valence-electron chi connectivity index (χ4n) is 2.02. The molecule has 0 saturated heterocycles. The third kappa shape index (κ3) is 2.51. The van der Waals surface area contributed by atoms with Crippen LogP contribution in [0.4, 0.5) is 5.69 Å². The molecule has 1 heterocycles. The number of hydrogen-bond acceptors (Lipinski definition) is 4. The largest absolute Gasteiger partial charge is 0.478 e. The SMILES string of the molecule is O=C(O)c1cccc(NCc2ccc3c(c2)OCO3)c1. The lowest BCUT2D eigenvalue weighted by molar-refractivity contribution is 0.0697. The Balaban J connectivity index is 1.70. The van der Waals surface area contributed by atoms with Crippen LogP contribution in [0, 0.1) is 0 Å². The topological polar surface area (TPSA) is 67.8 Å².